The van der Waals surface area contributed by atoms with Crippen LogP contribution in [0.3, 0.4) is 0 Å². The van der Waals surface area contributed by atoms with E-state index in [-0.39, 0.29) is 8.84 Å². The molecule has 0 radical (unpaired) electrons. The molecule has 0 heterocycles. The van der Waals surface area contributed by atoms with Gasteiger partial charge in [0.15, 0.2) is 0 Å². The molecular weight excluding hydrogens is 347 g/mol. The van der Waals surface area contributed by atoms with Crippen LogP contribution in [0, 0.1) is 5.41 Å². The second-order valence-electron chi connectivity index (χ2n) is 6.89. The first-order valence-corrected chi connectivity index (χ1v) is 8.05. The van der Waals surface area contributed by atoms with Gasteiger partial charge in [0.05, 0.1) is 7.11 Å². The molecule has 0 aromatic heterocycles. The molecule has 0 bridgehead atoms. The Morgan fingerprint density at radius 2 is 1.58 bits per heavy atom. The van der Waals surface area contributed by atoms with Crippen LogP contribution in [0.25, 0.3) is 0 Å². The highest BCUT2D eigenvalue weighted by atomic mass is 127. The van der Waals surface area contributed by atoms with Crippen LogP contribution in [0.1, 0.15) is 58.2 Å². The smallest absolute Gasteiger partial charge is 0.125 e. The number of rotatable bonds is 4. The van der Waals surface area contributed by atoms with Crippen LogP contribution >= 0.6 is 22.6 Å². The molecule has 1 aromatic carbocycles. The first kappa shape index (κ1) is 16.8. The summed E-state index contributed by atoms with van der Waals surface area (Å²) in [5.41, 5.74) is 4.33. The second-order valence-corrected chi connectivity index (χ2v) is 9.59. The lowest BCUT2D eigenvalue weighted by Gasteiger charge is -2.25. The van der Waals surface area contributed by atoms with Gasteiger partial charge in [0, 0.05) is 3.42 Å². The third-order valence-electron chi connectivity index (χ3n) is 3.24. The zero-order chi connectivity index (χ0) is 14.8. The molecule has 108 valence electrons. The van der Waals surface area contributed by atoms with Gasteiger partial charge in [0.1, 0.15) is 5.75 Å². The number of ether oxygens (including phenoxy) is 1. The zero-order valence-corrected chi connectivity index (χ0v) is 15.5. The van der Waals surface area contributed by atoms with E-state index in [1.54, 1.807) is 7.11 Å². The van der Waals surface area contributed by atoms with Gasteiger partial charge in [-0.3, -0.25) is 0 Å². The molecule has 0 aliphatic rings. The van der Waals surface area contributed by atoms with Crippen LogP contribution in [0.15, 0.2) is 12.1 Å². The highest BCUT2D eigenvalue weighted by Gasteiger charge is 2.22. The molecule has 1 nitrogen and oxygen atoms in total. The lowest BCUT2D eigenvalue weighted by molar-refractivity contribution is 0.375. The summed E-state index contributed by atoms with van der Waals surface area (Å²) in [4.78, 5) is 0. The van der Waals surface area contributed by atoms with E-state index < -0.39 is 0 Å². The Morgan fingerprint density at radius 3 is 1.95 bits per heavy atom. The highest BCUT2D eigenvalue weighted by Crippen LogP contribution is 2.38. The Balaban J connectivity index is 3.40. The largest absolute Gasteiger partial charge is 0.496 e. The van der Waals surface area contributed by atoms with Gasteiger partial charge in [0.2, 0.25) is 0 Å². The SMILES string of the molecule is CCc1cc(C(C)(C)I)cc(CC(C)(C)C)c1OC. The molecule has 0 atom stereocenters. The van der Waals surface area contributed by atoms with Crippen molar-refractivity contribution in [2.75, 3.05) is 7.11 Å². The third-order valence-corrected chi connectivity index (χ3v) is 3.86. The normalized spacial score (nSPS) is 12.6. The zero-order valence-electron chi connectivity index (χ0n) is 13.4. The molecule has 0 aliphatic carbocycles. The molecule has 1 aromatic rings. The van der Waals surface area contributed by atoms with Crippen molar-refractivity contribution in [3.05, 3.63) is 28.8 Å². The van der Waals surface area contributed by atoms with E-state index in [9.17, 15) is 0 Å². The van der Waals surface area contributed by atoms with Crippen molar-refractivity contribution in [2.24, 2.45) is 5.41 Å². The predicted octanol–water partition coefficient (Wildman–Crippen LogP) is 5.52. The summed E-state index contributed by atoms with van der Waals surface area (Å²) in [6.07, 6.45) is 2.06. The highest BCUT2D eigenvalue weighted by molar-refractivity contribution is 14.1. The van der Waals surface area contributed by atoms with Gasteiger partial charge in [-0.2, -0.15) is 0 Å². The van der Waals surface area contributed by atoms with Gasteiger partial charge in [-0.1, -0.05) is 62.4 Å². The first-order chi connectivity index (χ1) is 8.58. The number of hydrogen-bond acceptors (Lipinski definition) is 1. The van der Waals surface area contributed by atoms with E-state index in [0.29, 0.717) is 0 Å². The van der Waals surface area contributed by atoms with Crippen molar-refractivity contribution in [3.8, 4) is 5.75 Å². The Hall–Kier alpha value is -0.250. The summed E-state index contributed by atoms with van der Waals surface area (Å²) in [6, 6.07) is 4.63. The minimum Gasteiger partial charge on any atom is -0.496 e. The van der Waals surface area contributed by atoms with Crippen LogP contribution in [0.4, 0.5) is 0 Å². The average molecular weight is 374 g/mol. The van der Waals surface area contributed by atoms with Crippen molar-refractivity contribution in [2.45, 2.75) is 57.8 Å². The molecule has 1 rings (SSSR count). The van der Waals surface area contributed by atoms with Crippen molar-refractivity contribution in [1.29, 1.82) is 0 Å². The van der Waals surface area contributed by atoms with Crippen LogP contribution < -0.4 is 4.74 Å². The topological polar surface area (TPSA) is 9.23 Å². The van der Waals surface area contributed by atoms with E-state index in [1.807, 2.05) is 0 Å². The first-order valence-electron chi connectivity index (χ1n) is 6.97. The third kappa shape index (κ3) is 4.66. The molecule has 0 spiro atoms. The molecule has 0 N–H and O–H groups in total. The van der Waals surface area contributed by atoms with Crippen LogP contribution in [-0.2, 0) is 16.3 Å². The minimum absolute atomic E-state index is 0.153. The molecule has 0 amide bonds. The number of methoxy groups -OCH3 is 1. The van der Waals surface area contributed by atoms with Gasteiger partial charge in [0.25, 0.3) is 0 Å². The minimum atomic E-state index is 0.153. The molecule has 0 saturated carbocycles. The number of benzene rings is 1. The molecule has 0 aliphatic heterocycles. The van der Waals surface area contributed by atoms with Crippen molar-refractivity contribution in [3.63, 3.8) is 0 Å². The second kappa shape index (κ2) is 6.02. The number of hydrogen-bond donors (Lipinski definition) is 0. The molecule has 2 heteroatoms. The summed E-state index contributed by atoms with van der Waals surface area (Å²) in [6.45, 7) is 13.5. The Morgan fingerprint density at radius 1 is 1.05 bits per heavy atom. The van der Waals surface area contributed by atoms with Crippen LogP contribution in [-0.4, -0.2) is 7.11 Å². The van der Waals surface area contributed by atoms with E-state index >= 15 is 0 Å². The number of aryl methyl sites for hydroxylation is 1. The van der Waals surface area contributed by atoms with E-state index in [1.165, 1.54) is 16.7 Å². The fourth-order valence-corrected chi connectivity index (χ4v) is 2.64. The van der Waals surface area contributed by atoms with Gasteiger partial charge in [-0.25, -0.2) is 0 Å². The fraction of sp³-hybridized carbons (Fsp3) is 0.647. The Labute approximate surface area is 132 Å². The standard InChI is InChI=1S/C17H27IO/c1-8-12-9-14(17(5,6)18)10-13(15(12)19-7)11-16(2,3)4/h9-10H,8,11H2,1-7H3. The maximum atomic E-state index is 5.68. The van der Waals surface area contributed by atoms with Crippen molar-refractivity contribution >= 4 is 22.6 Å². The molecule has 0 fully saturated rings. The molecule has 0 saturated heterocycles. The summed E-state index contributed by atoms with van der Waals surface area (Å²) in [7, 11) is 1.79. The van der Waals surface area contributed by atoms with Crippen molar-refractivity contribution in [1.82, 2.24) is 0 Å². The number of alkyl halides is 1. The summed E-state index contributed by atoms with van der Waals surface area (Å²) in [5.74, 6) is 1.09. The summed E-state index contributed by atoms with van der Waals surface area (Å²) >= 11 is 2.51. The van der Waals surface area contributed by atoms with Crippen molar-refractivity contribution < 1.29 is 4.74 Å². The lowest BCUT2D eigenvalue weighted by Crippen LogP contribution is -2.14. The quantitative estimate of drug-likeness (QED) is 0.498. The van der Waals surface area contributed by atoms with Crippen LogP contribution in [0.5, 0.6) is 5.75 Å². The monoisotopic (exact) mass is 374 g/mol. The van der Waals surface area contributed by atoms with E-state index in [2.05, 4.69) is 76.3 Å². The van der Waals surface area contributed by atoms with Gasteiger partial charge < -0.3 is 4.74 Å². The lowest BCUT2D eigenvalue weighted by atomic mass is 9.85. The Bertz CT molecular complexity index is 436. The predicted molar refractivity (Wildman–Crippen MR) is 92.6 cm³/mol. The summed E-state index contributed by atoms with van der Waals surface area (Å²) < 4.78 is 5.83. The van der Waals surface area contributed by atoms with E-state index in [0.717, 1.165) is 18.6 Å². The van der Waals surface area contributed by atoms with Gasteiger partial charge in [-0.05, 0) is 48.8 Å². The number of halogens is 1. The maximum Gasteiger partial charge on any atom is 0.125 e. The fourth-order valence-electron chi connectivity index (χ4n) is 2.33. The molecule has 0 unspecified atom stereocenters. The Kier molecular flexibility index (Phi) is 5.33. The van der Waals surface area contributed by atoms with Gasteiger partial charge in [-0.15, -0.1) is 0 Å². The maximum absolute atomic E-state index is 5.68. The summed E-state index contributed by atoms with van der Waals surface area (Å²) in [5, 5.41) is 0. The van der Waals surface area contributed by atoms with Gasteiger partial charge >= 0.3 is 0 Å². The molecular formula is C17H27IO. The molecule has 19 heavy (non-hydrogen) atoms. The van der Waals surface area contributed by atoms with Crippen LogP contribution in [0.2, 0.25) is 0 Å². The average Bonchev–Trinajstić information content (AvgIpc) is 2.24. The van der Waals surface area contributed by atoms with E-state index in [4.69, 9.17) is 4.74 Å².